The zero-order valence-corrected chi connectivity index (χ0v) is 9.92. The van der Waals surface area contributed by atoms with Gasteiger partial charge in [0.1, 0.15) is 10.9 Å². The van der Waals surface area contributed by atoms with E-state index in [-0.39, 0.29) is 0 Å². The lowest BCUT2D eigenvalue weighted by Gasteiger charge is -2.33. The van der Waals surface area contributed by atoms with Crippen LogP contribution in [0.15, 0.2) is 0 Å². The first-order valence-corrected chi connectivity index (χ1v) is 5.27. The van der Waals surface area contributed by atoms with Gasteiger partial charge < -0.3 is 5.21 Å². The lowest BCUT2D eigenvalue weighted by molar-refractivity contribution is -0.540. The number of alkyl halides is 1. The first-order valence-electron chi connectivity index (χ1n) is 4.15. The smallest absolute Gasteiger partial charge is 0.292 e. The summed E-state index contributed by atoms with van der Waals surface area (Å²) in [4.78, 5) is 0. The molecular weight excluding hydrogens is 236 g/mol. The molecule has 0 radical (unpaired) electrons. The van der Waals surface area contributed by atoms with E-state index in [2.05, 4.69) is 15.9 Å². The molecule has 0 unspecified atom stereocenters. The van der Waals surface area contributed by atoms with Gasteiger partial charge in [0.15, 0.2) is 5.54 Å². The Balaban J connectivity index is 3.21. The number of amidine groups is 1. The van der Waals surface area contributed by atoms with Gasteiger partial charge in [-0.05, 0) is 27.7 Å². The third-order valence-corrected chi connectivity index (χ3v) is 3.63. The molecule has 0 saturated carbocycles. The molecule has 0 aromatic rings. The van der Waals surface area contributed by atoms with Crippen LogP contribution in [-0.4, -0.2) is 37.3 Å². The van der Waals surface area contributed by atoms with E-state index in [0.717, 1.165) is 9.80 Å². The van der Waals surface area contributed by atoms with Crippen LogP contribution >= 0.6 is 15.9 Å². The van der Waals surface area contributed by atoms with Crippen molar-refractivity contribution in [3.63, 3.8) is 0 Å². The molecule has 1 rings (SSSR count). The Morgan fingerprint density at radius 2 is 1.92 bits per heavy atom. The van der Waals surface area contributed by atoms with Crippen LogP contribution in [0.1, 0.15) is 27.7 Å². The van der Waals surface area contributed by atoms with Gasteiger partial charge in [0.05, 0.1) is 0 Å². The molecule has 76 valence electrons. The molecule has 1 aliphatic rings. The van der Waals surface area contributed by atoms with E-state index in [1.165, 1.54) is 0 Å². The molecule has 5 heteroatoms. The predicted octanol–water partition coefficient (Wildman–Crippen LogP) is 1.55. The first kappa shape index (κ1) is 10.8. The molecule has 1 aliphatic heterocycles. The summed E-state index contributed by atoms with van der Waals surface area (Å²) in [5.74, 6) is 0.356. The molecule has 0 aromatic heterocycles. The summed E-state index contributed by atoms with van der Waals surface area (Å²) in [5.41, 5.74) is -1.19. The van der Waals surface area contributed by atoms with Crippen molar-refractivity contribution in [2.75, 3.05) is 5.33 Å². The zero-order valence-electron chi connectivity index (χ0n) is 8.33. The monoisotopic (exact) mass is 250 g/mol. The van der Waals surface area contributed by atoms with Gasteiger partial charge in [0.2, 0.25) is 0 Å². The van der Waals surface area contributed by atoms with Gasteiger partial charge in [-0.15, -0.1) is 5.06 Å². The summed E-state index contributed by atoms with van der Waals surface area (Å²) in [6.45, 7) is 7.32. The van der Waals surface area contributed by atoms with Gasteiger partial charge in [-0.1, -0.05) is 15.9 Å². The fourth-order valence-electron chi connectivity index (χ4n) is 1.35. The second-order valence-corrected chi connectivity index (χ2v) is 4.83. The van der Waals surface area contributed by atoms with Crippen molar-refractivity contribution in [3.05, 3.63) is 5.21 Å². The first-order chi connectivity index (χ1) is 5.76. The highest BCUT2D eigenvalue weighted by molar-refractivity contribution is 9.09. The molecule has 0 atom stereocenters. The molecule has 0 spiro atoms. The Morgan fingerprint density at radius 3 is 2.08 bits per heavy atom. The summed E-state index contributed by atoms with van der Waals surface area (Å²) >= 11 is 3.18. The van der Waals surface area contributed by atoms with Crippen molar-refractivity contribution >= 4 is 21.8 Å². The highest BCUT2D eigenvalue weighted by Crippen LogP contribution is 2.35. The molecule has 0 fully saturated rings. The summed E-state index contributed by atoms with van der Waals surface area (Å²) < 4.78 is 0.863. The van der Waals surface area contributed by atoms with Gasteiger partial charge in [-0.2, -0.15) is 0 Å². The highest BCUT2D eigenvalue weighted by atomic mass is 79.9. The minimum atomic E-state index is -0.620. The van der Waals surface area contributed by atoms with Gasteiger partial charge in [0, 0.05) is 0 Å². The molecule has 1 heterocycles. The Labute approximate surface area is 86.5 Å². The molecule has 0 amide bonds. The largest absolute Gasteiger partial charge is 0.715 e. The van der Waals surface area contributed by atoms with Crippen LogP contribution < -0.4 is 0 Å². The number of rotatable bonds is 1. The van der Waals surface area contributed by atoms with E-state index >= 15 is 0 Å². The van der Waals surface area contributed by atoms with Crippen molar-refractivity contribution < 1.29 is 9.95 Å². The van der Waals surface area contributed by atoms with E-state index in [1.54, 1.807) is 0 Å². The zero-order chi connectivity index (χ0) is 10.4. The maximum absolute atomic E-state index is 11.7. The topological polar surface area (TPSA) is 49.5 Å². The second-order valence-electron chi connectivity index (χ2n) is 4.27. The summed E-state index contributed by atoms with van der Waals surface area (Å²) in [6.07, 6.45) is 0. The van der Waals surface area contributed by atoms with Gasteiger partial charge in [-0.25, -0.2) is 5.21 Å². The van der Waals surface area contributed by atoms with Crippen LogP contribution in [0.5, 0.6) is 0 Å². The third kappa shape index (κ3) is 1.17. The molecule has 4 nitrogen and oxygen atoms in total. The molecule has 1 N–H and O–H groups in total. The van der Waals surface area contributed by atoms with E-state index in [9.17, 15) is 10.4 Å². The quantitative estimate of drug-likeness (QED) is 0.437. The number of hydroxylamine groups is 3. The number of hydrogen-bond acceptors (Lipinski definition) is 3. The normalized spacial score (nSPS) is 25.5. The van der Waals surface area contributed by atoms with Crippen molar-refractivity contribution in [2.24, 2.45) is 0 Å². The summed E-state index contributed by atoms with van der Waals surface area (Å²) in [6, 6.07) is 0. The average Bonchev–Trinajstić information content (AvgIpc) is 2.13. The second kappa shape index (κ2) is 2.85. The fourth-order valence-corrected chi connectivity index (χ4v) is 1.82. The van der Waals surface area contributed by atoms with Crippen LogP contribution in [0.25, 0.3) is 0 Å². The number of nitrogens with zero attached hydrogens (tertiary/aromatic N) is 2. The van der Waals surface area contributed by atoms with Crippen LogP contribution in [0.2, 0.25) is 0 Å². The number of hydrogen-bond donors (Lipinski definition) is 1. The lowest BCUT2D eigenvalue weighted by atomic mass is 9.84. The highest BCUT2D eigenvalue weighted by Gasteiger charge is 2.57. The van der Waals surface area contributed by atoms with E-state index in [4.69, 9.17) is 0 Å². The minimum Gasteiger partial charge on any atom is -0.715 e. The fraction of sp³-hybridized carbons (Fsp3) is 0.875. The van der Waals surface area contributed by atoms with Crippen molar-refractivity contribution in [3.8, 4) is 0 Å². The Morgan fingerprint density at radius 1 is 1.46 bits per heavy atom. The molecule has 0 bridgehead atoms. The van der Waals surface area contributed by atoms with Crippen molar-refractivity contribution in [1.29, 1.82) is 0 Å². The van der Waals surface area contributed by atoms with Crippen LogP contribution in [0.3, 0.4) is 0 Å². The molecule has 13 heavy (non-hydrogen) atoms. The standard InChI is InChI=1S/C8H15BrN2O2/c1-7(2)8(3,4)11(13)6(5-9)10(7)12/h12H,5H2,1-4H3. The molecule has 0 aliphatic carbocycles. The predicted molar refractivity (Wildman–Crippen MR) is 54.2 cm³/mol. The SMILES string of the molecule is CC1(C)N(O)C(CBr)=[N+]([O-])C1(C)C. The van der Waals surface area contributed by atoms with Crippen molar-refractivity contribution in [1.82, 2.24) is 5.06 Å². The van der Waals surface area contributed by atoms with Gasteiger partial charge in [0.25, 0.3) is 5.84 Å². The molecular formula is C8H15BrN2O2. The summed E-state index contributed by atoms with van der Waals surface area (Å²) in [7, 11) is 0. The van der Waals surface area contributed by atoms with Gasteiger partial charge in [-0.3, -0.25) is 4.74 Å². The van der Waals surface area contributed by atoms with E-state index < -0.39 is 11.1 Å². The third-order valence-electron chi connectivity index (χ3n) is 3.13. The molecule has 0 aromatic carbocycles. The maximum Gasteiger partial charge on any atom is 0.292 e. The van der Waals surface area contributed by atoms with E-state index in [1.807, 2.05) is 27.7 Å². The average molecular weight is 251 g/mol. The lowest BCUT2D eigenvalue weighted by Crippen LogP contribution is -2.53. The Bertz CT molecular complexity index is 261. The summed E-state index contributed by atoms with van der Waals surface area (Å²) in [5, 5.41) is 22.9. The maximum atomic E-state index is 11.7. The van der Waals surface area contributed by atoms with Gasteiger partial charge >= 0.3 is 0 Å². The Hall–Kier alpha value is -0.290. The Kier molecular flexibility index (Phi) is 2.37. The molecule has 0 saturated heterocycles. The number of halogens is 1. The van der Waals surface area contributed by atoms with Crippen LogP contribution in [-0.2, 0) is 0 Å². The van der Waals surface area contributed by atoms with Crippen molar-refractivity contribution in [2.45, 2.75) is 38.8 Å². The van der Waals surface area contributed by atoms with Crippen LogP contribution in [0.4, 0.5) is 0 Å². The van der Waals surface area contributed by atoms with Crippen LogP contribution in [0, 0.1) is 5.21 Å². The minimum absolute atomic E-state index is 0.356. The van der Waals surface area contributed by atoms with E-state index in [0.29, 0.717) is 11.2 Å².